The van der Waals surface area contributed by atoms with E-state index in [-0.39, 0.29) is 0 Å². The molecule has 1 heterocycles. The Labute approximate surface area is 120 Å². The highest BCUT2D eigenvalue weighted by Gasteiger charge is 2.13. The standard InChI is InChI=1S/C17H19N3/c1-12-6-5-7-15(8-12)11-20(4)17-16(10-18)13(2)9-14(3)19-17/h5-9H,11H2,1-4H3. The van der Waals surface area contributed by atoms with Crippen LogP contribution in [0.4, 0.5) is 5.82 Å². The van der Waals surface area contributed by atoms with Gasteiger partial charge in [0.2, 0.25) is 0 Å². The molecular weight excluding hydrogens is 246 g/mol. The lowest BCUT2D eigenvalue weighted by Gasteiger charge is -2.21. The van der Waals surface area contributed by atoms with Crippen molar-refractivity contribution in [2.75, 3.05) is 11.9 Å². The fraction of sp³-hybridized carbons (Fsp3) is 0.294. The zero-order valence-electron chi connectivity index (χ0n) is 12.4. The minimum Gasteiger partial charge on any atom is -0.354 e. The number of hydrogen-bond donors (Lipinski definition) is 0. The van der Waals surface area contributed by atoms with E-state index in [1.807, 2.05) is 31.9 Å². The van der Waals surface area contributed by atoms with E-state index < -0.39 is 0 Å². The number of pyridine rings is 1. The number of nitrogens with zero attached hydrogens (tertiary/aromatic N) is 3. The topological polar surface area (TPSA) is 39.9 Å². The number of anilines is 1. The van der Waals surface area contributed by atoms with Crippen molar-refractivity contribution in [3.05, 3.63) is 58.3 Å². The second-order valence-electron chi connectivity index (χ2n) is 5.24. The van der Waals surface area contributed by atoms with Crippen LogP contribution in [0.1, 0.15) is 27.9 Å². The highest BCUT2D eigenvalue weighted by Crippen LogP contribution is 2.22. The highest BCUT2D eigenvalue weighted by molar-refractivity contribution is 5.57. The average molecular weight is 265 g/mol. The summed E-state index contributed by atoms with van der Waals surface area (Å²) in [5.74, 6) is 0.756. The van der Waals surface area contributed by atoms with Crippen molar-refractivity contribution in [2.45, 2.75) is 27.3 Å². The Morgan fingerprint density at radius 1 is 1.20 bits per heavy atom. The Kier molecular flexibility index (Phi) is 4.05. The van der Waals surface area contributed by atoms with Gasteiger partial charge in [0, 0.05) is 19.3 Å². The van der Waals surface area contributed by atoms with Gasteiger partial charge in [-0.2, -0.15) is 5.26 Å². The summed E-state index contributed by atoms with van der Waals surface area (Å²) in [6, 6.07) is 12.6. The first kappa shape index (κ1) is 14.1. The van der Waals surface area contributed by atoms with Gasteiger partial charge in [-0.15, -0.1) is 0 Å². The van der Waals surface area contributed by atoms with Gasteiger partial charge < -0.3 is 4.90 Å². The summed E-state index contributed by atoms with van der Waals surface area (Å²) < 4.78 is 0. The Bertz CT molecular complexity index is 668. The first-order chi connectivity index (χ1) is 9.51. The summed E-state index contributed by atoms with van der Waals surface area (Å²) in [6.45, 7) is 6.74. The number of aryl methyl sites for hydroxylation is 3. The predicted octanol–water partition coefficient (Wildman–Crippen LogP) is 3.51. The second-order valence-corrected chi connectivity index (χ2v) is 5.24. The molecular formula is C17H19N3. The van der Waals surface area contributed by atoms with Crippen LogP contribution >= 0.6 is 0 Å². The van der Waals surface area contributed by atoms with Gasteiger partial charge in [-0.25, -0.2) is 4.98 Å². The lowest BCUT2D eigenvalue weighted by atomic mass is 10.1. The molecule has 0 amide bonds. The minimum absolute atomic E-state index is 0.658. The van der Waals surface area contributed by atoms with Crippen LogP contribution in [-0.4, -0.2) is 12.0 Å². The van der Waals surface area contributed by atoms with Gasteiger partial charge >= 0.3 is 0 Å². The van der Waals surface area contributed by atoms with E-state index in [1.54, 1.807) is 0 Å². The van der Waals surface area contributed by atoms with Crippen molar-refractivity contribution >= 4 is 5.82 Å². The van der Waals surface area contributed by atoms with Crippen LogP contribution in [0, 0.1) is 32.1 Å². The number of rotatable bonds is 3. The van der Waals surface area contributed by atoms with Crippen LogP contribution in [-0.2, 0) is 6.54 Å². The van der Waals surface area contributed by atoms with Gasteiger partial charge in [0.25, 0.3) is 0 Å². The molecule has 0 spiro atoms. The first-order valence-electron chi connectivity index (χ1n) is 6.66. The van der Waals surface area contributed by atoms with Gasteiger partial charge in [-0.05, 0) is 38.0 Å². The Balaban J connectivity index is 2.34. The fourth-order valence-corrected chi connectivity index (χ4v) is 2.39. The molecule has 2 rings (SSSR count). The van der Waals surface area contributed by atoms with Crippen LogP contribution in [0.2, 0.25) is 0 Å². The van der Waals surface area contributed by atoms with E-state index in [4.69, 9.17) is 0 Å². The lowest BCUT2D eigenvalue weighted by Crippen LogP contribution is -2.20. The van der Waals surface area contributed by atoms with Gasteiger partial charge in [0.15, 0.2) is 0 Å². The molecule has 0 aliphatic rings. The molecule has 102 valence electrons. The van der Waals surface area contributed by atoms with E-state index in [0.717, 1.165) is 23.6 Å². The molecule has 1 aromatic carbocycles. The molecule has 0 aliphatic heterocycles. The van der Waals surface area contributed by atoms with Crippen molar-refractivity contribution < 1.29 is 0 Å². The summed E-state index contributed by atoms with van der Waals surface area (Å²) >= 11 is 0. The zero-order chi connectivity index (χ0) is 14.7. The maximum atomic E-state index is 9.33. The van der Waals surface area contributed by atoms with Gasteiger partial charge in [-0.3, -0.25) is 0 Å². The molecule has 0 N–H and O–H groups in total. The van der Waals surface area contributed by atoms with E-state index in [2.05, 4.69) is 42.2 Å². The number of nitriles is 1. The Morgan fingerprint density at radius 2 is 1.95 bits per heavy atom. The number of hydrogen-bond acceptors (Lipinski definition) is 3. The molecule has 3 heteroatoms. The van der Waals surface area contributed by atoms with Gasteiger partial charge in [-0.1, -0.05) is 29.8 Å². The maximum Gasteiger partial charge on any atom is 0.147 e. The van der Waals surface area contributed by atoms with E-state index in [1.165, 1.54) is 11.1 Å². The normalized spacial score (nSPS) is 10.2. The van der Waals surface area contributed by atoms with Crippen molar-refractivity contribution in [3.63, 3.8) is 0 Å². The maximum absolute atomic E-state index is 9.33. The number of benzene rings is 1. The van der Waals surface area contributed by atoms with Gasteiger partial charge in [0.05, 0.1) is 5.56 Å². The quantitative estimate of drug-likeness (QED) is 0.852. The molecule has 0 saturated heterocycles. The SMILES string of the molecule is Cc1cccc(CN(C)c2nc(C)cc(C)c2C#N)c1. The summed E-state index contributed by atoms with van der Waals surface area (Å²) in [7, 11) is 1.98. The molecule has 3 nitrogen and oxygen atoms in total. The average Bonchev–Trinajstić information content (AvgIpc) is 2.37. The predicted molar refractivity (Wildman–Crippen MR) is 81.7 cm³/mol. The van der Waals surface area contributed by atoms with E-state index in [0.29, 0.717) is 5.56 Å². The first-order valence-corrected chi connectivity index (χ1v) is 6.66. The smallest absolute Gasteiger partial charge is 0.147 e. The molecule has 0 aliphatic carbocycles. The van der Waals surface area contributed by atoms with Crippen LogP contribution in [0.15, 0.2) is 30.3 Å². The summed E-state index contributed by atoms with van der Waals surface area (Å²) in [4.78, 5) is 6.56. The number of aromatic nitrogens is 1. The summed E-state index contributed by atoms with van der Waals surface area (Å²) in [6.07, 6.45) is 0. The fourth-order valence-electron chi connectivity index (χ4n) is 2.39. The molecule has 1 aromatic heterocycles. The molecule has 20 heavy (non-hydrogen) atoms. The van der Waals surface area contributed by atoms with Crippen LogP contribution in [0.25, 0.3) is 0 Å². The summed E-state index contributed by atoms with van der Waals surface area (Å²) in [5, 5.41) is 9.33. The van der Waals surface area contributed by atoms with E-state index in [9.17, 15) is 5.26 Å². The molecule has 0 fully saturated rings. The monoisotopic (exact) mass is 265 g/mol. The highest BCUT2D eigenvalue weighted by atomic mass is 15.2. The molecule has 0 unspecified atom stereocenters. The summed E-state index contributed by atoms with van der Waals surface area (Å²) in [5.41, 5.74) is 5.03. The molecule has 0 saturated carbocycles. The third kappa shape index (κ3) is 2.97. The van der Waals surface area contributed by atoms with Crippen molar-refractivity contribution in [1.82, 2.24) is 4.98 Å². The van der Waals surface area contributed by atoms with Crippen LogP contribution in [0.3, 0.4) is 0 Å². The molecule has 2 aromatic rings. The third-order valence-electron chi connectivity index (χ3n) is 3.30. The van der Waals surface area contributed by atoms with E-state index >= 15 is 0 Å². The van der Waals surface area contributed by atoms with Crippen molar-refractivity contribution in [3.8, 4) is 6.07 Å². The third-order valence-corrected chi connectivity index (χ3v) is 3.30. The van der Waals surface area contributed by atoms with Crippen LogP contribution in [0.5, 0.6) is 0 Å². The minimum atomic E-state index is 0.658. The largest absolute Gasteiger partial charge is 0.354 e. The lowest BCUT2D eigenvalue weighted by molar-refractivity contribution is 0.885. The Morgan fingerprint density at radius 3 is 2.60 bits per heavy atom. The van der Waals surface area contributed by atoms with Crippen molar-refractivity contribution in [1.29, 1.82) is 5.26 Å². The molecule has 0 radical (unpaired) electrons. The molecule has 0 atom stereocenters. The van der Waals surface area contributed by atoms with Gasteiger partial charge in [0.1, 0.15) is 11.9 Å². The zero-order valence-corrected chi connectivity index (χ0v) is 12.4. The Hall–Kier alpha value is -2.34. The second kappa shape index (κ2) is 5.75. The molecule has 0 bridgehead atoms. The van der Waals surface area contributed by atoms with Crippen molar-refractivity contribution in [2.24, 2.45) is 0 Å². The van der Waals surface area contributed by atoms with Crippen LogP contribution < -0.4 is 4.90 Å².